The van der Waals surface area contributed by atoms with Crippen molar-refractivity contribution in [2.45, 2.75) is 0 Å². The molecule has 4 nitrogen and oxygen atoms in total. The number of rotatable bonds is 3. The SMILES string of the molecule is NC(=NO)c1cc(F)ccc1Oc1cccc(Br)c1. The van der Waals surface area contributed by atoms with Crippen LogP contribution in [0.15, 0.2) is 52.1 Å². The van der Waals surface area contributed by atoms with Crippen LogP contribution in [0.2, 0.25) is 0 Å². The molecular weight excluding hydrogens is 315 g/mol. The average molecular weight is 325 g/mol. The molecule has 0 aliphatic rings. The predicted octanol–water partition coefficient (Wildman–Crippen LogP) is 3.48. The predicted molar refractivity (Wildman–Crippen MR) is 73.1 cm³/mol. The van der Waals surface area contributed by atoms with Crippen LogP contribution < -0.4 is 10.5 Å². The summed E-state index contributed by atoms with van der Waals surface area (Å²) in [4.78, 5) is 0. The van der Waals surface area contributed by atoms with Gasteiger partial charge in [0.1, 0.15) is 17.3 Å². The van der Waals surface area contributed by atoms with Gasteiger partial charge in [-0.25, -0.2) is 4.39 Å². The summed E-state index contributed by atoms with van der Waals surface area (Å²) in [5, 5.41) is 11.5. The zero-order valence-corrected chi connectivity index (χ0v) is 11.3. The van der Waals surface area contributed by atoms with Crippen molar-refractivity contribution in [3.63, 3.8) is 0 Å². The molecule has 0 saturated carbocycles. The molecule has 0 heterocycles. The van der Waals surface area contributed by atoms with E-state index in [9.17, 15) is 4.39 Å². The summed E-state index contributed by atoms with van der Waals surface area (Å²) >= 11 is 3.32. The van der Waals surface area contributed by atoms with Crippen LogP contribution in [0, 0.1) is 5.82 Å². The lowest BCUT2D eigenvalue weighted by Crippen LogP contribution is -2.14. The second kappa shape index (κ2) is 5.71. The van der Waals surface area contributed by atoms with Crippen molar-refractivity contribution in [2.24, 2.45) is 10.9 Å². The van der Waals surface area contributed by atoms with Gasteiger partial charge < -0.3 is 15.7 Å². The van der Waals surface area contributed by atoms with Crippen LogP contribution in [-0.4, -0.2) is 11.0 Å². The Morgan fingerprint density at radius 3 is 2.74 bits per heavy atom. The monoisotopic (exact) mass is 324 g/mol. The molecule has 0 fully saturated rings. The highest BCUT2D eigenvalue weighted by molar-refractivity contribution is 9.10. The zero-order chi connectivity index (χ0) is 13.8. The summed E-state index contributed by atoms with van der Waals surface area (Å²) in [6, 6.07) is 10.9. The van der Waals surface area contributed by atoms with E-state index in [0.29, 0.717) is 11.5 Å². The maximum absolute atomic E-state index is 13.2. The van der Waals surface area contributed by atoms with Gasteiger partial charge in [-0.1, -0.05) is 27.2 Å². The highest BCUT2D eigenvalue weighted by Gasteiger charge is 2.11. The number of nitrogens with two attached hydrogens (primary N) is 1. The van der Waals surface area contributed by atoms with Crippen molar-refractivity contribution in [3.05, 3.63) is 58.3 Å². The molecular formula is C13H10BrFN2O2. The van der Waals surface area contributed by atoms with Gasteiger partial charge in [-0.2, -0.15) is 0 Å². The number of benzene rings is 2. The number of halogens is 2. The fourth-order valence-electron chi connectivity index (χ4n) is 1.50. The van der Waals surface area contributed by atoms with Crippen LogP contribution in [0.25, 0.3) is 0 Å². The molecule has 0 amide bonds. The van der Waals surface area contributed by atoms with E-state index in [-0.39, 0.29) is 11.4 Å². The van der Waals surface area contributed by atoms with Crippen LogP contribution in [0.5, 0.6) is 11.5 Å². The number of ether oxygens (including phenoxy) is 1. The lowest BCUT2D eigenvalue weighted by molar-refractivity contribution is 0.318. The quantitative estimate of drug-likeness (QED) is 0.393. The Bertz CT molecular complexity index is 632. The normalized spacial score (nSPS) is 11.4. The molecule has 0 aromatic heterocycles. The summed E-state index contributed by atoms with van der Waals surface area (Å²) < 4.78 is 19.6. The van der Waals surface area contributed by atoms with E-state index in [0.717, 1.165) is 10.5 Å². The molecule has 0 aliphatic carbocycles. The maximum Gasteiger partial charge on any atom is 0.173 e. The van der Waals surface area contributed by atoms with Crippen molar-refractivity contribution in [1.29, 1.82) is 0 Å². The van der Waals surface area contributed by atoms with Crippen molar-refractivity contribution >= 4 is 21.8 Å². The average Bonchev–Trinajstić information content (AvgIpc) is 2.40. The molecule has 0 spiro atoms. The van der Waals surface area contributed by atoms with E-state index < -0.39 is 5.82 Å². The van der Waals surface area contributed by atoms with Gasteiger partial charge >= 0.3 is 0 Å². The fraction of sp³-hybridized carbons (Fsp3) is 0. The van der Waals surface area contributed by atoms with Gasteiger partial charge in [0.05, 0.1) is 5.56 Å². The largest absolute Gasteiger partial charge is 0.457 e. The highest BCUT2D eigenvalue weighted by atomic mass is 79.9. The number of hydrogen-bond acceptors (Lipinski definition) is 3. The van der Waals surface area contributed by atoms with Gasteiger partial charge in [-0.05, 0) is 36.4 Å². The van der Waals surface area contributed by atoms with E-state index in [4.69, 9.17) is 15.7 Å². The Morgan fingerprint density at radius 2 is 2.05 bits per heavy atom. The molecule has 0 unspecified atom stereocenters. The van der Waals surface area contributed by atoms with Crippen LogP contribution in [0.4, 0.5) is 4.39 Å². The van der Waals surface area contributed by atoms with Gasteiger partial charge in [0.2, 0.25) is 0 Å². The molecule has 0 aliphatic heterocycles. The second-order valence-corrected chi connectivity index (χ2v) is 4.60. The van der Waals surface area contributed by atoms with Crippen molar-refractivity contribution < 1.29 is 14.3 Å². The van der Waals surface area contributed by atoms with Gasteiger partial charge in [-0.3, -0.25) is 0 Å². The molecule has 2 aromatic rings. The van der Waals surface area contributed by atoms with E-state index in [1.807, 2.05) is 6.07 Å². The summed E-state index contributed by atoms with van der Waals surface area (Å²) in [6.45, 7) is 0. The Balaban J connectivity index is 2.40. The smallest absolute Gasteiger partial charge is 0.173 e. The fourth-order valence-corrected chi connectivity index (χ4v) is 1.88. The van der Waals surface area contributed by atoms with Gasteiger partial charge in [0.25, 0.3) is 0 Å². The minimum Gasteiger partial charge on any atom is -0.457 e. The lowest BCUT2D eigenvalue weighted by atomic mass is 10.2. The molecule has 98 valence electrons. The number of nitrogens with zero attached hydrogens (tertiary/aromatic N) is 1. The standard InChI is InChI=1S/C13H10BrFN2O2/c14-8-2-1-3-10(6-8)19-12-5-4-9(15)7-11(12)13(16)17-18/h1-7,18H,(H2,16,17). The molecule has 0 radical (unpaired) electrons. The highest BCUT2D eigenvalue weighted by Crippen LogP contribution is 2.27. The Hall–Kier alpha value is -2.08. The minimum absolute atomic E-state index is 0.183. The molecule has 2 aromatic carbocycles. The first-order chi connectivity index (χ1) is 9.10. The van der Waals surface area contributed by atoms with Crippen molar-refractivity contribution in [3.8, 4) is 11.5 Å². The number of oxime groups is 1. The van der Waals surface area contributed by atoms with Gasteiger partial charge in [-0.15, -0.1) is 0 Å². The second-order valence-electron chi connectivity index (χ2n) is 3.69. The van der Waals surface area contributed by atoms with Gasteiger partial charge in [0.15, 0.2) is 5.84 Å². The van der Waals surface area contributed by atoms with Gasteiger partial charge in [0, 0.05) is 4.47 Å². The van der Waals surface area contributed by atoms with E-state index in [1.54, 1.807) is 18.2 Å². The Morgan fingerprint density at radius 1 is 1.26 bits per heavy atom. The molecule has 0 bridgehead atoms. The first-order valence-corrected chi connectivity index (χ1v) is 6.10. The third-order valence-electron chi connectivity index (χ3n) is 2.35. The molecule has 19 heavy (non-hydrogen) atoms. The number of amidine groups is 1. The first kappa shape index (κ1) is 13.4. The summed E-state index contributed by atoms with van der Waals surface area (Å²) in [5.41, 5.74) is 5.67. The molecule has 0 atom stereocenters. The van der Waals surface area contributed by atoms with E-state index in [1.165, 1.54) is 12.1 Å². The molecule has 6 heteroatoms. The molecule has 2 rings (SSSR count). The van der Waals surface area contributed by atoms with Crippen molar-refractivity contribution in [1.82, 2.24) is 0 Å². The van der Waals surface area contributed by atoms with Crippen molar-refractivity contribution in [2.75, 3.05) is 0 Å². The van der Waals surface area contributed by atoms with E-state index in [2.05, 4.69) is 21.1 Å². The molecule has 0 saturated heterocycles. The minimum atomic E-state index is -0.497. The lowest BCUT2D eigenvalue weighted by Gasteiger charge is -2.10. The molecule has 3 N–H and O–H groups in total. The summed E-state index contributed by atoms with van der Waals surface area (Å²) in [7, 11) is 0. The van der Waals surface area contributed by atoms with Crippen LogP contribution in [-0.2, 0) is 0 Å². The summed E-state index contributed by atoms with van der Waals surface area (Å²) in [5.74, 6) is 0.135. The zero-order valence-electron chi connectivity index (χ0n) is 9.68. The van der Waals surface area contributed by atoms with E-state index >= 15 is 0 Å². The van der Waals surface area contributed by atoms with Crippen LogP contribution in [0.3, 0.4) is 0 Å². The summed E-state index contributed by atoms with van der Waals surface area (Å²) in [6.07, 6.45) is 0. The van der Waals surface area contributed by atoms with Crippen LogP contribution in [0.1, 0.15) is 5.56 Å². The van der Waals surface area contributed by atoms with Crippen LogP contribution >= 0.6 is 15.9 Å². The Kier molecular flexibility index (Phi) is 4.01. The third-order valence-corrected chi connectivity index (χ3v) is 2.84. The number of hydrogen-bond donors (Lipinski definition) is 2. The third kappa shape index (κ3) is 3.23. The first-order valence-electron chi connectivity index (χ1n) is 5.31. The Labute approximate surface area is 117 Å². The maximum atomic E-state index is 13.2. The topological polar surface area (TPSA) is 67.8 Å².